The van der Waals surface area contributed by atoms with Gasteiger partial charge in [0.15, 0.2) is 0 Å². The zero-order chi connectivity index (χ0) is 31.1. The molecule has 0 saturated heterocycles. The van der Waals surface area contributed by atoms with E-state index in [1.165, 1.54) is 97.1 Å². The lowest BCUT2D eigenvalue weighted by atomic mass is 10.3. The molecule has 0 spiro atoms. The van der Waals surface area contributed by atoms with E-state index in [0.717, 1.165) is 0 Å². The first-order chi connectivity index (χ1) is 19.3. The zero-order valence-electron chi connectivity index (χ0n) is 21.3. The van der Waals surface area contributed by atoms with Gasteiger partial charge in [-0.3, -0.25) is 4.74 Å². The molecule has 13 nitrogen and oxygen atoms in total. The standard InChI is InChI=1S/C24H24N5O8PS4/c25-39(30,31)21-9-1-17(2-10-21)29-38(18-3-11-22(12-4-18)40(26,32)33,19-5-13-23(14-6-19)41(27,34)35)20-7-15-24(16-8-20)42(28,36)37/h1-16H,(H2,25,30,31)(H2,26,32,33)(H2,27,34,35)(H2,28,36,37). The number of hydrogen-bond acceptors (Lipinski definition) is 9. The van der Waals surface area contributed by atoms with E-state index >= 15 is 0 Å². The van der Waals surface area contributed by atoms with Gasteiger partial charge in [-0.2, -0.15) is 0 Å². The Balaban J connectivity index is 2.14. The summed E-state index contributed by atoms with van der Waals surface area (Å²) in [4.78, 5) is -0.721. The van der Waals surface area contributed by atoms with Crippen LogP contribution in [0.1, 0.15) is 0 Å². The van der Waals surface area contributed by atoms with Crippen LogP contribution in [0.25, 0.3) is 0 Å². The predicted molar refractivity (Wildman–Crippen MR) is 159 cm³/mol. The fourth-order valence-electron chi connectivity index (χ4n) is 4.05. The first kappa shape index (κ1) is 31.7. The monoisotopic (exact) mass is 669 g/mol. The van der Waals surface area contributed by atoms with Gasteiger partial charge in [-0.05, 0) is 60.7 Å². The van der Waals surface area contributed by atoms with Gasteiger partial charge in [0.2, 0.25) is 40.1 Å². The summed E-state index contributed by atoms with van der Waals surface area (Å²) >= 11 is 0. The second-order valence-corrected chi connectivity index (χ2v) is 18.2. The lowest BCUT2D eigenvalue weighted by molar-refractivity contribution is 0.596. The molecule has 0 heterocycles. The Hall–Kier alpha value is -3.25. The minimum absolute atomic E-state index is 0.169. The maximum absolute atomic E-state index is 12.0. The van der Waals surface area contributed by atoms with E-state index in [2.05, 4.69) is 0 Å². The van der Waals surface area contributed by atoms with Crippen LogP contribution in [0, 0.1) is 0 Å². The van der Waals surface area contributed by atoms with Gasteiger partial charge in [0.25, 0.3) is 0 Å². The molecule has 0 aliphatic carbocycles. The van der Waals surface area contributed by atoms with Gasteiger partial charge < -0.3 is 0 Å². The SMILES string of the molecule is NS(=O)(=O)c1ccc(N=P(c2ccc(S(N)(=O)=O)cc2)(c2ccc(S(N)(=O)=O)cc2)c2ccc(S(N)(=O)=O)cc2)cc1. The molecule has 0 amide bonds. The van der Waals surface area contributed by atoms with Crippen molar-refractivity contribution in [1.29, 1.82) is 0 Å². The van der Waals surface area contributed by atoms with E-state index in [1.807, 2.05) is 0 Å². The van der Waals surface area contributed by atoms with Crippen molar-refractivity contribution in [3.63, 3.8) is 0 Å². The van der Waals surface area contributed by atoms with E-state index in [9.17, 15) is 33.7 Å². The lowest BCUT2D eigenvalue weighted by Gasteiger charge is -2.27. The normalized spacial score (nSPS) is 13.0. The van der Waals surface area contributed by atoms with Crippen molar-refractivity contribution < 1.29 is 33.7 Å². The summed E-state index contributed by atoms with van der Waals surface area (Å²) in [6.45, 7) is 0. The largest absolute Gasteiger partial charge is 0.254 e. The molecule has 18 heteroatoms. The summed E-state index contributed by atoms with van der Waals surface area (Å²) < 4.78 is 100. The van der Waals surface area contributed by atoms with Crippen LogP contribution in [0.4, 0.5) is 5.69 Å². The maximum Gasteiger partial charge on any atom is 0.238 e. The summed E-state index contributed by atoms with van der Waals surface area (Å²) in [5, 5.41) is 22.5. The van der Waals surface area contributed by atoms with Crippen molar-refractivity contribution >= 4 is 68.7 Å². The summed E-state index contributed by atoms with van der Waals surface area (Å²) in [5.41, 5.74) is 0.275. The van der Waals surface area contributed by atoms with Crippen molar-refractivity contribution in [2.24, 2.45) is 25.3 Å². The molecule has 0 aliphatic rings. The quantitative estimate of drug-likeness (QED) is 0.187. The second-order valence-electron chi connectivity index (χ2n) is 8.89. The summed E-state index contributed by atoms with van der Waals surface area (Å²) in [5.74, 6) is 0. The third kappa shape index (κ3) is 6.70. The van der Waals surface area contributed by atoms with Crippen LogP contribution in [0.3, 0.4) is 0 Å². The molecule has 4 rings (SSSR count). The molecule has 0 aliphatic heterocycles. The van der Waals surface area contributed by atoms with Gasteiger partial charge in [0.05, 0.1) is 32.3 Å². The number of benzene rings is 4. The fourth-order valence-corrected chi connectivity index (χ4v) is 9.57. The molecular weight excluding hydrogens is 646 g/mol. The minimum atomic E-state index is -4.06. The number of hydrogen-bond donors (Lipinski definition) is 4. The Kier molecular flexibility index (Phi) is 8.38. The summed E-state index contributed by atoms with van der Waals surface area (Å²) in [7, 11) is -19.5. The molecule has 0 saturated carbocycles. The second kappa shape index (κ2) is 11.1. The molecule has 0 unspecified atom stereocenters. The first-order valence-corrected chi connectivity index (χ1v) is 19.4. The van der Waals surface area contributed by atoms with E-state index < -0.39 is 47.1 Å². The average molecular weight is 670 g/mol. The van der Waals surface area contributed by atoms with E-state index in [-0.39, 0.29) is 25.3 Å². The molecule has 0 radical (unpaired) electrons. The Bertz CT molecular complexity index is 1960. The van der Waals surface area contributed by atoms with Gasteiger partial charge in [-0.1, -0.05) is 36.4 Å². The maximum atomic E-state index is 12.0. The van der Waals surface area contributed by atoms with Crippen LogP contribution >= 0.6 is 7.05 Å². The van der Waals surface area contributed by atoms with Gasteiger partial charge in [-0.15, -0.1) is 0 Å². The summed E-state index contributed by atoms with van der Waals surface area (Å²) in [6, 6.07) is 21.9. The molecule has 4 aromatic rings. The van der Waals surface area contributed by atoms with E-state index in [1.54, 1.807) is 0 Å². The fraction of sp³-hybridized carbons (Fsp3) is 0. The molecule has 222 valence electrons. The van der Waals surface area contributed by atoms with Crippen molar-refractivity contribution in [3.05, 3.63) is 97.1 Å². The van der Waals surface area contributed by atoms with E-state index in [4.69, 9.17) is 25.3 Å². The Morgan fingerprint density at radius 3 is 0.810 bits per heavy atom. The van der Waals surface area contributed by atoms with Crippen LogP contribution in [0.15, 0.2) is 121 Å². The molecule has 0 aromatic heterocycles. The predicted octanol–water partition coefficient (Wildman–Crippen LogP) is 0.0854. The third-order valence-corrected chi connectivity index (χ3v) is 13.4. The Morgan fingerprint density at radius 2 is 0.595 bits per heavy atom. The number of primary sulfonamides is 4. The third-order valence-electron chi connectivity index (χ3n) is 6.05. The van der Waals surface area contributed by atoms with Gasteiger partial charge in [0.1, 0.15) is 0 Å². The number of rotatable bonds is 8. The van der Waals surface area contributed by atoms with Gasteiger partial charge in [-0.25, -0.2) is 54.2 Å². The number of sulfonamides is 4. The van der Waals surface area contributed by atoms with Crippen molar-refractivity contribution in [1.82, 2.24) is 0 Å². The van der Waals surface area contributed by atoms with Crippen LogP contribution < -0.4 is 36.5 Å². The van der Waals surface area contributed by atoms with Crippen molar-refractivity contribution in [3.8, 4) is 0 Å². The Morgan fingerprint density at radius 1 is 0.381 bits per heavy atom. The Labute approximate surface area is 243 Å². The molecule has 0 fully saturated rings. The molecule has 0 atom stereocenters. The molecule has 42 heavy (non-hydrogen) atoms. The zero-order valence-corrected chi connectivity index (χ0v) is 25.5. The topological polar surface area (TPSA) is 253 Å². The highest BCUT2D eigenvalue weighted by Crippen LogP contribution is 2.49. The molecule has 8 N–H and O–H groups in total. The smallest absolute Gasteiger partial charge is 0.238 e. The molecule has 0 bridgehead atoms. The van der Waals surface area contributed by atoms with Gasteiger partial charge >= 0.3 is 0 Å². The van der Waals surface area contributed by atoms with Crippen molar-refractivity contribution in [2.45, 2.75) is 19.6 Å². The van der Waals surface area contributed by atoms with Crippen LogP contribution in [0.5, 0.6) is 0 Å². The highest BCUT2D eigenvalue weighted by Gasteiger charge is 2.29. The van der Waals surface area contributed by atoms with Gasteiger partial charge in [0, 0.05) is 15.9 Å². The first-order valence-electron chi connectivity index (χ1n) is 11.5. The van der Waals surface area contributed by atoms with Crippen molar-refractivity contribution in [2.75, 3.05) is 0 Å². The molecule has 4 aromatic carbocycles. The van der Waals surface area contributed by atoms with E-state index in [0.29, 0.717) is 15.9 Å². The average Bonchev–Trinajstić information content (AvgIpc) is 2.90. The summed E-state index contributed by atoms with van der Waals surface area (Å²) in [6.07, 6.45) is 0. The highest BCUT2D eigenvalue weighted by atomic mass is 32.2. The molecular formula is C24H24N5O8PS4. The minimum Gasteiger partial charge on any atom is -0.254 e. The van der Waals surface area contributed by atoms with Crippen LogP contribution in [-0.2, 0) is 40.1 Å². The van der Waals surface area contributed by atoms with Crippen LogP contribution in [0.2, 0.25) is 0 Å². The number of nitrogens with two attached hydrogens (primary N) is 4. The lowest BCUT2D eigenvalue weighted by Crippen LogP contribution is -2.26. The van der Waals surface area contributed by atoms with Crippen LogP contribution in [-0.4, -0.2) is 33.7 Å². The number of nitrogens with zero attached hydrogens (tertiary/aromatic N) is 1. The highest BCUT2D eigenvalue weighted by molar-refractivity contribution is 7.90.